The predicted octanol–water partition coefficient (Wildman–Crippen LogP) is 3.19. The molecule has 10 heavy (non-hydrogen) atoms. The van der Waals surface area contributed by atoms with Crippen LogP contribution in [-0.2, 0) is 0 Å². The minimum absolute atomic E-state index is 0.944. The summed E-state index contributed by atoms with van der Waals surface area (Å²) in [4.78, 5) is 3.72. The van der Waals surface area contributed by atoms with Crippen molar-refractivity contribution in [2.75, 3.05) is 0 Å². The summed E-state index contributed by atoms with van der Waals surface area (Å²) >= 11 is 0. The lowest BCUT2D eigenvalue weighted by Crippen LogP contribution is -1.72. The molecule has 0 saturated heterocycles. The zero-order valence-corrected chi connectivity index (χ0v) is 7.44. The molecule has 0 radical (unpaired) electrons. The van der Waals surface area contributed by atoms with Gasteiger partial charge < -0.3 is 0 Å². The number of hydrogen-bond donors (Lipinski definition) is 0. The maximum Gasteiger partial charge on any atom is 0.0394 e. The molecule has 0 aliphatic carbocycles. The highest BCUT2D eigenvalue weighted by molar-refractivity contribution is 5.31. The molecule has 0 aromatic carbocycles. The summed E-state index contributed by atoms with van der Waals surface area (Å²) in [7, 11) is 0. The summed E-state index contributed by atoms with van der Waals surface area (Å²) in [5, 5.41) is 0. The Labute approximate surface area is 64.2 Å². The van der Waals surface area contributed by atoms with Gasteiger partial charge in [0.1, 0.15) is 0 Å². The molecule has 0 unspecified atom stereocenters. The standard InChI is InChI=1S/C7H11N.C2H6/c1-5-6(2)7(3)8-4;1-2/h5H,1,4H2,2-3H3;1-2H3/b7-6-;. The second kappa shape index (κ2) is 8.15. The number of allylic oxidation sites excluding steroid dienone is 3. The summed E-state index contributed by atoms with van der Waals surface area (Å²) < 4.78 is 0. The van der Waals surface area contributed by atoms with Gasteiger partial charge in [0.2, 0.25) is 0 Å². The van der Waals surface area contributed by atoms with E-state index in [2.05, 4.69) is 18.3 Å². The summed E-state index contributed by atoms with van der Waals surface area (Å²) in [6, 6.07) is 0. The van der Waals surface area contributed by atoms with Crippen LogP contribution in [0.5, 0.6) is 0 Å². The maximum atomic E-state index is 3.72. The maximum absolute atomic E-state index is 3.72. The lowest BCUT2D eigenvalue weighted by Gasteiger charge is -1.91. The molecule has 1 nitrogen and oxygen atoms in total. The highest BCUT2D eigenvalue weighted by Crippen LogP contribution is 2.02. The minimum Gasteiger partial charge on any atom is -0.269 e. The molecule has 0 rings (SSSR count). The SMILES string of the molecule is C=C/C(C)=C(/C)N=C.CC. The van der Waals surface area contributed by atoms with Gasteiger partial charge in [0, 0.05) is 5.70 Å². The lowest BCUT2D eigenvalue weighted by molar-refractivity contribution is 1.25. The van der Waals surface area contributed by atoms with E-state index in [0.717, 1.165) is 11.3 Å². The summed E-state index contributed by atoms with van der Waals surface area (Å²) in [5.41, 5.74) is 2.03. The van der Waals surface area contributed by atoms with Crippen LogP contribution in [0.1, 0.15) is 27.7 Å². The molecule has 0 N–H and O–H groups in total. The van der Waals surface area contributed by atoms with E-state index >= 15 is 0 Å². The molecule has 0 heterocycles. The molecule has 0 fully saturated rings. The molecular formula is C9H17N. The highest BCUT2D eigenvalue weighted by Gasteiger charge is 1.83. The van der Waals surface area contributed by atoms with Crippen LogP contribution in [0, 0.1) is 0 Å². The van der Waals surface area contributed by atoms with E-state index in [1.165, 1.54) is 0 Å². The van der Waals surface area contributed by atoms with Crippen LogP contribution in [0.4, 0.5) is 0 Å². The Bertz CT molecular complexity index is 116. The van der Waals surface area contributed by atoms with E-state index in [-0.39, 0.29) is 0 Å². The Morgan fingerprint density at radius 1 is 1.30 bits per heavy atom. The normalized spacial score (nSPS) is 10.4. The van der Waals surface area contributed by atoms with Crippen molar-refractivity contribution in [3.8, 4) is 0 Å². The molecule has 0 saturated carbocycles. The van der Waals surface area contributed by atoms with Gasteiger partial charge in [-0.25, -0.2) is 0 Å². The van der Waals surface area contributed by atoms with E-state index < -0.39 is 0 Å². The molecule has 0 aliphatic heterocycles. The number of rotatable bonds is 2. The summed E-state index contributed by atoms with van der Waals surface area (Å²) in [5.74, 6) is 0. The first-order valence-corrected chi connectivity index (χ1v) is 3.49. The molecule has 1 heteroatoms. The van der Waals surface area contributed by atoms with Crippen molar-refractivity contribution in [2.24, 2.45) is 4.99 Å². The van der Waals surface area contributed by atoms with E-state index in [1.54, 1.807) is 6.08 Å². The molecule has 0 atom stereocenters. The van der Waals surface area contributed by atoms with Crippen LogP contribution in [0.15, 0.2) is 28.9 Å². The second-order valence-electron chi connectivity index (χ2n) is 1.63. The Balaban J connectivity index is 0. The summed E-state index contributed by atoms with van der Waals surface area (Å²) in [6.45, 7) is 14.8. The van der Waals surface area contributed by atoms with Crippen molar-refractivity contribution in [2.45, 2.75) is 27.7 Å². The van der Waals surface area contributed by atoms with Crippen LogP contribution >= 0.6 is 0 Å². The van der Waals surface area contributed by atoms with Crippen LogP contribution in [0.2, 0.25) is 0 Å². The van der Waals surface area contributed by atoms with Gasteiger partial charge in [-0.1, -0.05) is 26.5 Å². The van der Waals surface area contributed by atoms with Gasteiger partial charge in [0.25, 0.3) is 0 Å². The van der Waals surface area contributed by atoms with Crippen LogP contribution in [0.25, 0.3) is 0 Å². The van der Waals surface area contributed by atoms with Crippen LogP contribution < -0.4 is 0 Å². The lowest BCUT2D eigenvalue weighted by atomic mass is 10.2. The number of nitrogens with zero attached hydrogens (tertiary/aromatic N) is 1. The highest BCUT2D eigenvalue weighted by atomic mass is 14.7. The van der Waals surface area contributed by atoms with Crippen molar-refractivity contribution in [1.29, 1.82) is 0 Å². The molecule has 0 bridgehead atoms. The van der Waals surface area contributed by atoms with Crippen molar-refractivity contribution < 1.29 is 0 Å². The van der Waals surface area contributed by atoms with Crippen molar-refractivity contribution in [3.63, 3.8) is 0 Å². The third-order valence-corrected chi connectivity index (χ3v) is 1.11. The first-order valence-electron chi connectivity index (χ1n) is 3.49. The van der Waals surface area contributed by atoms with E-state index in [4.69, 9.17) is 0 Å². The predicted molar refractivity (Wildman–Crippen MR) is 49.5 cm³/mol. The molecule has 0 aliphatic rings. The Morgan fingerprint density at radius 2 is 1.70 bits per heavy atom. The number of hydrogen-bond acceptors (Lipinski definition) is 1. The average Bonchev–Trinajstić information content (AvgIpc) is 2.05. The molecular weight excluding hydrogens is 122 g/mol. The fraction of sp³-hybridized carbons (Fsp3) is 0.444. The molecule has 58 valence electrons. The van der Waals surface area contributed by atoms with E-state index in [9.17, 15) is 0 Å². The zero-order chi connectivity index (χ0) is 8.57. The first-order chi connectivity index (χ1) is 4.72. The third kappa shape index (κ3) is 5.29. The van der Waals surface area contributed by atoms with Gasteiger partial charge in [0.15, 0.2) is 0 Å². The van der Waals surface area contributed by atoms with Gasteiger partial charge in [-0.05, 0) is 26.1 Å². The fourth-order valence-corrected chi connectivity index (χ4v) is 0.272. The minimum atomic E-state index is 0.944. The van der Waals surface area contributed by atoms with Gasteiger partial charge in [0.05, 0.1) is 0 Å². The van der Waals surface area contributed by atoms with Crippen molar-refractivity contribution >= 4 is 6.72 Å². The smallest absolute Gasteiger partial charge is 0.0394 e. The molecule has 0 spiro atoms. The summed E-state index contributed by atoms with van der Waals surface area (Å²) in [6.07, 6.45) is 1.77. The van der Waals surface area contributed by atoms with Gasteiger partial charge in [-0.3, -0.25) is 4.99 Å². The van der Waals surface area contributed by atoms with Crippen molar-refractivity contribution in [1.82, 2.24) is 0 Å². The first kappa shape index (κ1) is 11.9. The van der Waals surface area contributed by atoms with E-state index in [0.29, 0.717) is 0 Å². The molecule has 0 amide bonds. The quantitative estimate of drug-likeness (QED) is 0.411. The van der Waals surface area contributed by atoms with Crippen LogP contribution in [0.3, 0.4) is 0 Å². The monoisotopic (exact) mass is 139 g/mol. The zero-order valence-electron chi connectivity index (χ0n) is 7.44. The Morgan fingerprint density at radius 3 is 1.80 bits per heavy atom. The fourth-order valence-electron chi connectivity index (χ4n) is 0.272. The van der Waals surface area contributed by atoms with E-state index in [1.807, 2.05) is 27.7 Å². The van der Waals surface area contributed by atoms with Gasteiger partial charge in [-0.15, -0.1) is 0 Å². The molecule has 0 aromatic rings. The topological polar surface area (TPSA) is 12.4 Å². The largest absolute Gasteiger partial charge is 0.269 e. The molecule has 0 aromatic heterocycles. The second-order valence-corrected chi connectivity index (χ2v) is 1.63. The number of aliphatic imine (C=N–C) groups is 1. The Hall–Kier alpha value is -0.850. The van der Waals surface area contributed by atoms with Gasteiger partial charge >= 0.3 is 0 Å². The van der Waals surface area contributed by atoms with Crippen LogP contribution in [-0.4, -0.2) is 6.72 Å². The van der Waals surface area contributed by atoms with Crippen molar-refractivity contribution in [3.05, 3.63) is 23.9 Å². The average molecular weight is 139 g/mol. The van der Waals surface area contributed by atoms with Gasteiger partial charge in [-0.2, -0.15) is 0 Å². The Kier molecular flexibility index (Phi) is 9.69. The third-order valence-electron chi connectivity index (χ3n) is 1.11.